The van der Waals surface area contributed by atoms with Crippen molar-refractivity contribution in [2.24, 2.45) is 0 Å². The van der Waals surface area contributed by atoms with E-state index in [0.29, 0.717) is 6.04 Å². The van der Waals surface area contributed by atoms with Crippen LogP contribution < -0.4 is 0 Å². The van der Waals surface area contributed by atoms with Crippen molar-refractivity contribution >= 4 is 22.0 Å². The average molecular weight is 368 g/mol. The number of fused-ring (bicyclic) bond motifs is 1. The van der Waals surface area contributed by atoms with E-state index in [4.69, 9.17) is 0 Å². The Morgan fingerprint density at radius 3 is 2.65 bits per heavy atom. The van der Waals surface area contributed by atoms with Crippen molar-refractivity contribution in [3.63, 3.8) is 0 Å². The van der Waals surface area contributed by atoms with Gasteiger partial charge in [-0.3, -0.25) is 4.90 Å². The van der Waals surface area contributed by atoms with Crippen molar-refractivity contribution in [2.75, 3.05) is 6.54 Å². The molecule has 1 heterocycles. The molecule has 0 amide bonds. The van der Waals surface area contributed by atoms with E-state index in [1.165, 1.54) is 42.5 Å². The highest BCUT2D eigenvalue weighted by Gasteiger charge is 2.28. The quantitative estimate of drug-likeness (QED) is 0.697. The highest BCUT2D eigenvalue weighted by molar-refractivity contribution is 9.10. The standard InChI is InChI=1S/C21H22BrN/c22-20-10-8-16(9-11-20)15-23-12-4-3-7-21(23)19-13-17-5-1-2-6-18(17)14-19/h1-2,5-6,8-11,13,21H,3-4,7,12,14-15H2. The van der Waals surface area contributed by atoms with Crippen molar-refractivity contribution in [3.05, 3.63) is 75.3 Å². The molecule has 118 valence electrons. The normalized spacial score (nSPS) is 21.1. The molecule has 0 radical (unpaired) electrons. The zero-order valence-electron chi connectivity index (χ0n) is 13.3. The van der Waals surface area contributed by atoms with Crippen LogP contribution in [-0.2, 0) is 13.0 Å². The summed E-state index contributed by atoms with van der Waals surface area (Å²) in [4.78, 5) is 2.68. The summed E-state index contributed by atoms with van der Waals surface area (Å²) in [5.41, 5.74) is 5.95. The lowest BCUT2D eigenvalue weighted by Gasteiger charge is -2.37. The van der Waals surface area contributed by atoms with Crippen LogP contribution in [0.25, 0.3) is 6.08 Å². The molecule has 2 aromatic carbocycles. The SMILES string of the molecule is Brc1ccc(CN2CCCCC2C2=Cc3ccccc3C2)cc1. The van der Waals surface area contributed by atoms with E-state index >= 15 is 0 Å². The topological polar surface area (TPSA) is 3.24 Å². The first-order valence-electron chi connectivity index (χ1n) is 8.56. The number of piperidine rings is 1. The molecule has 1 aliphatic heterocycles. The van der Waals surface area contributed by atoms with Crippen LogP contribution in [0.4, 0.5) is 0 Å². The minimum absolute atomic E-state index is 0.611. The van der Waals surface area contributed by atoms with E-state index in [9.17, 15) is 0 Å². The van der Waals surface area contributed by atoms with E-state index in [2.05, 4.69) is 75.4 Å². The lowest BCUT2D eigenvalue weighted by Crippen LogP contribution is -2.40. The Morgan fingerprint density at radius 2 is 1.83 bits per heavy atom. The summed E-state index contributed by atoms with van der Waals surface area (Å²) in [6.07, 6.45) is 7.57. The molecule has 1 aliphatic carbocycles. The third-order valence-corrected chi connectivity index (χ3v) is 5.66. The molecule has 0 bridgehead atoms. The highest BCUT2D eigenvalue weighted by Crippen LogP contribution is 2.33. The second kappa shape index (κ2) is 6.62. The summed E-state index contributed by atoms with van der Waals surface area (Å²) in [5.74, 6) is 0. The second-order valence-corrected chi connectivity index (χ2v) is 7.62. The molecule has 1 nitrogen and oxygen atoms in total. The van der Waals surface area contributed by atoms with Gasteiger partial charge < -0.3 is 0 Å². The Kier molecular flexibility index (Phi) is 4.37. The fourth-order valence-electron chi connectivity index (χ4n) is 3.95. The zero-order chi connectivity index (χ0) is 15.6. The van der Waals surface area contributed by atoms with Crippen molar-refractivity contribution in [1.82, 2.24) is 4.90 Å². The molecule has 1 fully saturated rings. The molecule has 0 spiro atoms. The molecule has 0 N–H and O–H groups in total. The van der Waals surface area contributed by atoms with Crippen molar-refractivity contribution in [1.29, 1.82) is 0 Å². The maximum Gasteiger partial charge on any atom is 0.0317 e. The van der Waals surface area contributed by atoms with Gasteiger partial charge in [-0.1, -0.05) is 64.8 Å². The number of likely N-dealkylation sites (tertiary alicyclic amines) is 1. The third kappa shape index (κ3) is 3.29. The molecule has 1 saturated heterocycles. The lowest BCUT2D eigenvalue weighted by molar-refractivity contribution is 0.163. The fraction of sp³-hybridized carbons (Fsp3) is 0.333. The Morgan fingerprint density at radius 1 is 1.00 bits per heavy atom. The van der Waals surface area contributed by atoms with Crippen molar-refractivity contribution in [3.8, 4) is 0 Å². The van der Waals surface area contributed by atoms with Gasteiger partial charge in [-0.15, -0.1) is 0 Å². The molecular formula is C21H22BrN. The Hall–Kier alpha value is -1.38. The molecule has 2 aromatic rings. The molecule has 1 atom stereocenters. The van der Waals surface area contributed by atoms with Crippen LogP contribution in [0.3, 0.4) is 0 Å². The smallest absolute Gasteiger partial charge is 0.0317 e. The van der Waals surface area contributed by atoms with E-state index in [0.717, 1.165) is 17.4 Å². The van der Waals surface area contributed by atoms with Crippen LogP contribution in [-0.4, -0.2) is 17.5 Å². The fourth-order valence-corrected chi connectivity index (χ4v) is 4.21. The minimum atomic E-state index is 0.611. The second-order valence-electron chi connectivity index (χ2n) is 6.70. The Balaban J connectivity index is 1.53. The molecule has 23 heavy (non-hydrogen) atoms. The van der Waals surface area contributed by atoms with Gasteiger partial charge in [0.05, 0.1) is 0 Å². The van der Waals surface area contributed by atoms with Crippen LogP contribution in [0.15, 0.2) is 58.6 Å². The van der Waals surface area contributed by atoms with Gasteiger partial charge in [-0.25, -0.2) is 0 Å². The number of halogens is 1. The maximum atomic E-state index is 3.53. The first-order valence-corrected chi connectivity index (χ1v) is 9.36. The largest absolute Gasteiger partial charge is 0.292 e. The summed E-state index contributed by atoms with van der Waals surface area (Å²) in [7, 11) is 0. The molecular weight excluding hydrogens is 346 g/mol. The highest BCUT2D eigenvalue weighted by atomic mass is 79.9. The zero-order valence-corrected chi connectivity index (χ0v) is 14.9. The minimum Gasteiger partial charge on any atom is -0.292 e. The number of nitrogens with zero attached hydrogens (tertiary/aromatic N) is 1. The van der Waals surface area contributed by atoms with E-state index in [1.807, 2.05) is 0 Å². The molecule has 2 aliphatic rings. The molecule has 4 rings (SSSR count). The number of hydrogen-bond donors (Lipinski definition) is 0. The lowest BCUT2D eigenvalue weighted by atomic mass is 9.93. The van der Waals surface area contributed by atoms with Crippen LogP contribution in [0.2, 0.25) is 0 Å². The molecule has 2 heteroatoms. The third-order valence-electron chi connectivity index (χ3n) is 5.13. The predicted octanol–water partition coefficient (Wildman–Crippen LogP) is 5.44. The van der Waals surface area contributed by atoms with Crippen LogP contribution in [0, 0.1) is 0 Å². The molecule has 0 saturated carbocycles. The van der Waals surface area contributed by atoms with Gasteiger partial charge in [0.15, 0.2) is 0 Å². The van der Waals surface area contributed by atoms with E-state index in [-0.39, 0.29) is 0 Å². The number of hydrogen-bond acceptors (Lipinski definition) is 1. The summed E-state index contributed by atoms with van der Waals surface area (Å²) < 4.78 is 1.16. The van der Waals surface area contributed by atoms with Crippen molar-refractivity contribution < 1.29 is 0 Å². The van der Waals surface area contributed by atoms with Gasteiger partial charge in [0.2, 0.25) is 0 Å². The monoisotopic (exact) mass is 367 g/mol. The van der Waals surface area contributed by atoms with Gasteiger partial charge in [0.1, 0.15) is 0 Å². The van der Waals surface area contributed by atoms with E-state index in [1.54, 1.807) is 5.57 Å². The number of rotatable bonds is 3. The first-order chi connectivity index (χ1) is 11.3. The Labute approximate surface area is 147 Å². The van der Waals surface area contributed by atoms with Gasteiger partial charge in [-0.05, 0) is 60.2 Å². The maximum absolute atomic E-state index is 3.53. The van der Waals surface area contributed by atoms with Crippen LogP contribution in [0.5, 0.6) is 0 Å². The van der Waals surface area contributed by atoms with E-state index < -0.39 is 0 Å². The van der Waals surface area contributed by atoms with Crippen LogP contribution >= 0.6 is 15.9 Å². The summed E-state index contributed by atoms with van der Waals surface area (Å²) in [6, 6.07) is 18.2. The Bertz CT molecular complexity index is 717. The molecule has 1 unspecified atom stereocenters. The van der Waals surface area contributed by atoms with Crippen LogP contribution in [0.1, 0.15) is 36.0 Å². The van der Waals surface area contributed by atoms with Gasteiger partial charge >= 0.3 is 0 Å². The van der Waals surface area contributed by atoms with Gasteiger partial charge in [-0.2, -0.15) is 0 Å². The molecule has 0 aromatic heterocycles. The number of benzene rings is 2. The van der Waals surface area contributed by atoms with Gasteiger partial charge in [0.25, 0.3) is 0 Å². The average Bonchev–Trinajstić information content (AvgIpc) is 3.01. The van der Waals surface area contributed by atoms with Crippen molar-refractivity contribution in [2.45, 2.75) is 38.3 Å². The predicted molar refractivity (Wildman–Crippen MR) is 100 cm³/mol. The first kappa shape index (κ1) is 15.2. The summed E-state index contributed by atoms with van der Waals surface area (Å²) in [5, 5.41) is 0. The van der Waals surface area contributed by atoms with Gasteiger partial charge in [0, 0.05) is 17.1 Å². The summed E-state index contributed by atoms with van der Waals surface area (Å²) >= 11 is 3.53. The summed E-state index contributed by atoms with van der Waals surface area (Å²) in [6.45, 7) is 2.28.